The number of hydrogen-bond donors (Lipinski definition) is 2. The molecule has 0 radical (unpaired) electrons. The maximum atomic E-state index is 10.1. The Morgan fingerprint density at radius 3 is 2.43 bits per heavy atom. The lowest BCUT2D eigenvalue weighted by molar-refractivity contribution is 0.0262. The Labute approximate surface area is 248 Å². The number of H-pyrrole nitrogens is 1. The Morgan fingerprint density at radius 2 is 1.69 bits per heavy atom. The molecule has 2 saturated heterocycles. The van der Waals surface area contributed by atoms with Gasteiger partial charge in [0, 0.05) is 24.1 Å². The van der Waals surface area contributed by atoms with E-state index in [1.807, 2.05) is 41.2 Å². The summed E-state index contributed by atoms with van der Waals surface area (Å²) in [4.78, 5) is 12.5. The lowest BCUT2D eigenvalue weighted by atomic mass is 10.0. The monoisotopic (exact) mass is 585 g/mol. The van der Waals surface area contributed by atoms with Gasteiger partial charge in [-0.2, -0.15) is 10.1 Å². The molecule has 3 aromatic heterocycles. The zero-order valence-electron chi connectivity index (χ0n) is 23.6. The van der Waals surface area contributed by atoms with Gasteiger partial charge in [-0.05, 0) is 48.7 Å². The van der Waals surface area contributed by atoms with Crippen molar-refractivity contribution in [2.45, 2.75) is 51.1 Å². The van der Waals surface area contributed by atoms with Crippen molar-refractivity contribution in [2.75, 3.05) is 13.2 Å². The van der Waals surface area contributed by atoms with Gasteiger partial charge < -0.3 is 24.3 Å². The number of pyridine rings is 1. The second kappa shape index (κ2) is 10.5. The van der Waals surface area contributed by atoms with Crippen LogP contribution >= 0.6 is 11.6 Å². The Kier molecular flexibility index (Phi) is 6.78. The van der Waals surface area contributed by atoms with Crippen molar-refractivity contribution in [2.24, 2.45) is 5.92 Å². The van der Waals surface area contributed by atoms with E-state index >= 15 is 0 Å². The molecule has 2 N–H and O–H groups in total. The number of hydrogen-bond acceptors (Lipinski definition) is 7. The van der Waals surface area contributed by atoms with E-state index in [2.05, 4.69) is 46.3 Å². The van der Waals surface area contributed by atoms with Gasteiger partial charge in [-0.25, -0.2) is 9.67 Å². The lowest BCUT2D eigenvalue weighted by Crippen LogP contribution is -2.33. The first-order valence-electron chi connectivity index (χ1n) is 14.1. The van der Waals surface area contributed by atoms with Gasteiger partial charge in [0.05, 0.1) is 53.0 Å². The molecule has 7 rings (SSSR count). The van der Waals surface area contributed by atoms with Gasteiger partial charge in [-0.15, -0.1) is 0 Å². The number of aromatic nitrogens is 5. The minimum atomic E-state index is -0.774. The molecule has 0 spiro atoms. The molecule has 2 aromatic carbocycles. The summed E-state index contributed by atoms with van der Waals surface area (Å²) >= 11 is 6.66. The van der Waals surface area contributed by atoms with Gasteiger partial charge in [0.1, 0.15) is 6.10 Å². The second-order valence-corrected chi connectivity index (χ2v) is 12.3. The van der Waals surface area contributed by atoms with Crippen LogP contribution in [0.3, 0.4) is 0 Å². The number of fused-ring (bicyclic) bond motifs is 2. The van der Waals surface area contributed by atoms with Crippen molar-refractivity contribution < 1.29 is 19.3 Å². The topological polar surface area (TPSA) is 107 Å². The molecule has 2 aliphatic rings. The van der Waals surface area contributed by atoms with E-state index in [1.54, 1.807) is 20.0 Å². The van der Waals surface area contributed by atoms with Crippen LogP contribution < -0.4 is 4.74 Å². The summed E-state index contributed by atoms with van der Waals surface area (Å²) in [5, 5.41) is 15.1. The molecule has 10 heteroatoms. The molecule has 4 atom stereocenters. The molecule has 0 amide bonds. The van der Waals surface area contributed by atoms with E-state index in [9.17, 15) is 5.11 Å². The minimum absolute atomic E-state index is 0.0641. The summed E-state index contributed by atoms with van der Waals surface area (Å²) in [6, 6.07) is 18.5. The smallest absolute Gasteiger partial charge is 0.296 e. The van der Waals surface area contributed by atoms with E-state index in [1.165, 1.54) is 0 Å². The van der Waals surface area contributed by atoms with E-state index in [0.29, 0.717) is 53.4 Å². The molecular weight excluding hydrogens is 554 g/mol. The van der Waals surface area contributed by atoms with Crippen molar-refractivity contribution in [3.8, 4) is 34.1 Å². The third-order valence-corrected chi connectivity index (χ3v) is 8.11. The quantitative estimate of drug-likeness (QED) is 0.255. The summed E-state index contributed by atoms with van der Waals surface area (Å²) in [6.07, 6.45) is 4.05. The van der Waals surface area contributed by atoms with E-state index < -0.39 is 5.60 Å². The number of rotatable bonds is 7. The highest BCUT2D eigenvalue weighted by atomic mass is 35.5. The predicted octanol–water partition coefficient (Wildman–Crippen LogP) is 5.63. The van der Waals surface area contributed by atoms with Gasteiger partial charge in [0.2, 0.25) is 0 Å². The summed E-state index contributed by atoms with van der Waals surface area (Å²) in [5.74, 6) is 0.356. The standard InChI is InChI=1S/C32H32ClN5O4/c1-18-16-40-29-26(17-41-28(18)29)42-31-35-25-12-24(33)27(36-30(25)37-31)22-6-4-20(5-7-22)21-8-10-23(11-9-21)38-15-19(14-34-38)13-32(2,3)39/h4-12,14-15,18,26,28-29,39H,13,16-17H2,1-3H3,(H,35,36,37)/t18-,26?,28-,29-/m1/s1. The van der Waals surface area contributed by atoms with Crippen molar-refractivity contribution in [3.05, 3.63) is 77.6 Å². The summed E-state index contributed by atoms with van der Waals surface area (Å²) in [6.45, 7) is 6.86. The number of aliphatic hydroxyl groups is 1. The highest BCUT2D eigenvalue weighted by Gasteiger charge is 2.47. The first-order valence-corrected chi connectivity index (χ1v) is 14.5. The third-order valence-electron chi connectivity index (χ3n) is 7.82. The maximum Gasteiger partial charge on any atom is 0.296 e. The number of imidazole rings is 1. The molecule has 2 aliphatic heterocycles. The molecule has 0 saturated carbocycles. The summed E-state index contributed by atoms with van der Waals surface area (Å²) in [7, 11) is 0. The summed E-state index contributed by atoms with van der Waals surface area (Å²) in [5.41, 5.74) is 6.10. The highest BCUT2D eigenvalue weighted by Crippen LogP contribution is 2.34. The molecular formula is C32H32ClN5O4. The molecule has 5 heterocycles. The molecule has 0 aliphatic carbocycles. The predicted molar refractivity (Wildman–Crippen MR) is 160 cm³/mol. The molecule has 216 valence electrons. The van der Waals surface area contributed by atoms with Crippen LogP contribution in [0.5, 0.6) is 6.01 Å². The Morgan fingerprint density at radius 1 is 1.00 bits per heavy atom. The molecule has 1 unspecified atom stereocenters. The second-order valence-electron chi connectivity index (χ2n) is 11.9. The number of halogens is 1. The van der Waals surface area contributed by atoms with Crippen LogP contribution in [0.15, 0.2) is 67.0 Å². The van der Waals surface area contributed by atoms with Gasteiger partial charge >= 0.3 is 0 Å². The van der Waals surface area contributed by atoms with Crippen molar-refractivity contribution in [1.29, 1.82) is 0 Å². The zero-order chi connectivity index (χ0) is 29.0. The van der Waals surface area contributed by atoms with Gasteiger partial charge in [-0.1, -0.05) is 54.9 Å². The first kappa shape index (κ1) is 27.1. The summed E-state index contributed by atoms with van der Waals surface area (Å²) < 4.78 is 19.7. The van der Waals surface area contributed by atoms with Crippen LogP contribution in [0.4, 0.5) is 0 Å². The number of nitrogens with one attached hydrogen (secondary N) is 1. The number of ether oxygens (including phenoxy) is 3. The molecule has 42 heavy (non-hydrogen) atoms. The van der Waals surface area contributed by atoms with Crippen molar-refractivity contribution in [3.63, 3.8) is 0 Å². The fourth-order valence-electron chi connectivity index (χ4n) is 5.77. The Bertz CT molecular complexity index is 1720. The highest BCUT2D eigenvalue weighted by molar-refractivity contribution is 6.33. The van der Waals surface area contributed by atoms with E-state index in [-0.39, 0.29) is 18.3 Å². The normalized spacial score (nSPS) is 22.1. The fourth-order valence-corrected chi connectivity index (χ4v) is 6.03. The number of benzene rings is 2. The van der Waals surface area contributed by atoms with Crippen molar-refractivity contribution >= 4 is 22.8 Å². The number of nitrogens with zero attached hydrogens (tertiary/aromatic N) is 4. The molecule has 2 fully saturated rings. The van der Waals surface area contributed by atoms with Gasteiger partial charge in [0.15, 0.2) is 11.8 Å². The SMILES string of the molecule is C[C@@H]1CO[C@@H]2C(Oc3nc4nc(-c5ccc(-c6ccc(-n7cc(CC(C)(C)O)cn7)cc6)cc5)c(Cl)cc4[nH]3)CO[C@H]12. The minimum Gasteiger partial charge on any atom is -0.456 e. The lowest BCUT2D eigenvalue weighted by Gasteiger charge is -2.15. The van der Waals surface area contributed by atoms with Crippen LogP contribution in [0.1, 0.15) is 26.3 Å². The van der Waals surface area contributed by atoms with Crippen LogP contribution in [-0.4, -0.2) is 67.0 Å². The molecule has 5 aromatic rings. The van der Waals surface area contributed by atoms with Crippen LogP contribution in [0.25, 0.3) is 39.2 Å². The average Bonchev–Trinajstić information content (AvgIpc) is 3.75. The Hall–Kier alpha value is -3.76. The fraction of sp³-hybridized carbons (Fsp3) is 0.344. The number of aromatic amines is 1. The Balaban J connectivity index is 1.07. The molecule has 9 nitrogen and oxygen atoms in total. The van der Waals surface area contributed by atoms with Crippen molar-refractivity contribution in [1.82, 2.24) is 24.7 Å². The van der Waals surface area contributed by atoms with Gasteiger partial charge in [-0.3, -0.25) is 0 Å². The van der Waals surface area contributed by atoms with Gasteiger partial charge in [0.25, 0.3) is 6.01 Å². The maximum absolute atomic E-state index is 10.1. The first-order chi connectivity index (χ1) is 20.2. The third kappa shape index (κ3) is 5.29. The molecule has 0 bridgehead atoms. The van der Waals surface area contributed by atoms with E-state index in [4.69, 9.17) is 30.8 Å². The average molecular weight is 586 g/mol. The van der Waals surface area contributed by atoms with E-state index in [0.717, 1.165) is 27.9 Å². The zero-order valence-corrected chi connectivity index (χ0v) is 24.4. The largest absolute Gasteiger partial charge is 0.456 e. The van der Waals surface area contributed by atoms with Crippen LogP contribution in [0.2, 0.25) is 5.02 Å². The van der Waals surface area contributed by atoms with Crippen LogP contribution in [0, 0.1) is 5.92 Å². The van der Waals surface area contributed by atoms with Crippen LogP contribution in [-0.2, 0) is 15.9 Å².